The normalized spacial score (nSPS) is 45.1. The standard InChI is InChI=1S/C21H37O22P/c22-2-5(24)16-17(7(43-44(35,36)37)1-21(34,42-16)20(32)33)41-19-14(31)11(28)12(29)15(40-19)6(25)4-38-18-13(30)10(27)9(26)8(3-23)39-18/h5-19,22-31,34H,1-4H2,(H,32,33)(H2,35,36,37)/t5-,6+,7-,8-,9+,10+,11+,12+,13-,14+,15-,16-,17-,18-,19-,21-/m1/s1. The molecule has 0 radical (unpaired) electrons. The first-order chi connectivity index (χ1) is 20.3. The number of aliphatic hydroxyl groups excluding tert-OH is 10. The fourth-order valence-corrected chi connectivity index (χ4v) is 5.42. The lowest BCUT2D eigenvalue weighted by Crippen LogP contribution is -2.66. The Bertz CT molecular complexity index is 997. The van der Waals surface area contributed by atoms with Crippen molar-refractivity contribution in [1.29, 1.82) is 0 Å². The highest BCUT2D eigenvalue weighted by atomic mass is 31.2. The van der Waals surface area contributed by atoms with Crippen molar-refractivity contribution in [2.75, 3.05) is 19.8 Å². The molecule has 14 N–H and O–H groups in total. The third kappa shape index (κ3) is 8.26. The molecule has 3 aliphatic rings. The SMILES string of the molecule is O=C(O)[C@@]1(O)C[C@@H](OP(=O)(O)O)[C@@H](O[C@H]2O[C@H]([C@@H](O)CO[C@@H]3O[C@H](CO)[C@H](O)[C@H](O)[C@H]3O)[C@@H](O)[C@H](O)[C@@H]2O)[C@@H]([C@H](O)CO)O1. The minimum absolute atomic E-state index is 0.797. The van der Waals surface area contributed by atoms with Crippen LogP contribution in [0.25, 0.3) is 0 Å². The number of carbonyl (C=O) groups is 1. The summed E-state index contributed by atoms with van der Waals surface area (Å²) in [6.07, 6.45) is -30.8. The van der Waals surface area contributed by atoms with Crippen LogP contribution in [0.5, 0.6) is 0 Å². The molecule has 0 spiro atoms. The number of phosphoric ester groups is 1. The van der Waals surface area contributed by atoms with Crippen LogP contribution in [0.15, 0.2) is 0 Å². The Morgan fingerprint density at radius 2 is 1.45 bits per heavy atom. The summed E-state index contributed by atoms with van der Waals surface area (Å²) in [5, 5.41) is 121. The molecule has 3 heterocycles. The molecule has 3 fully saturated rings. The Labute approximate surface area is 247 Å². The average molecular weight is 672 g/mol. The summed E-state index contributed by atoms with van der Waals surface area (Å²) < 4.78 is 42.3. The van der Waals surface area contributed by atoms with Gasteiger partial charge in [0.25, 0.3) is 5.79 Å². The van der Waals surface area contributed by atoms with Crippen LogP contribution >= 0.6 is 7.82 Å². The molecule has 3 rings (SSSR count). The summed E-state index contributed by atoms with van der Waals surface area (Å²) in [4.78, 5) is 30.3. The van der Waals surface area contributed by atoms with Gasteiger partial charge in [-0.25, -0.2) is 9.36 Å². The van der Waals surface area contributed by atoms with E-state index in [9.17, 15) is 80.4 Å². The summed E-state index contributed by atoms with van der Waals surface area (Å²) in [5.41, 5.74) is 0. The summed E-state index contributed by atoms with van der Waals surface area (Å²) in [7, 11) is -5.50. The Hall–Kier alpha value is -1.06. The molecule has 0 amide bonds. The third-order valence-corrected chi connectivity index (χ3v) is 7.77. The molecule has 3 aliphatic heterocycles. The Balaban J connectivity index is 1.82. The van der Waals surface area contributed by atoms with Crippen LogP contribution in [0.4, 0.5) is 0 Å². The van der Waals surface area contributed by atoms with Gasteiger partial charge in [-0.1, -0.05) is 0 Å². The molecule has 0 aliphatic carbocycles. The summed E-state index contributed by atoms with van der Waals surface area (Å²) in [6, 6.07) is 0. The van der Waals surface area contributed by atoms with E-state index >= 15 is 0 Å². The van der Waals surface area contributed by atoms with Crippen LogP contribution in [-0.4, -0.2) is 195 Å². The van der Waals surface area contributed by atoms with E-state index in [2.05, 4.69) is 4.52 Å². The smallest absolute Gasteiger partial charge is 0.469 e. The zero-order valence-electron chi connectivity index (χ0n) is 22.5. The van der Waals surface area contributed by atoms with E-state index in [-0.39, 0.29) is 0 Å². The van der Waals surface area contributed by atoms with Crippen LogP contribution in [0, 0.1) is 0 Å². The Morgan fingerprint density at radius 1 is 0.864 bits per heavy atom. The zero-order chi connectivity index (χ0) is 33.3. The molecule has 258 valence electrons. The van der Waals surface area contributed by atoms with Gasteiger partial charge in [0, 0.05) is 6.42 Å². The number of phosphoric acid groups is 1. The van der Waals surface area contributed by atoms with Gasteiger partial charge in [0.1, 0.15) is 79.4 Å². The average Bonchev–Trinajstić information content (AvgIpc) is 2.95. The molecule has 44 heavy (non-hydrogen) atoms. The van der Waals surface area contributed by atoms with Gasteiger partial charge in [-0.05, 0) is 0 Å². The predicted molar refractivity (Wildman–Crippen MR) is 129 cm³/mol. The second-order valence-corrected chi connectivity index (χ2v) is 11.6. The van der Waals surface area contributed by atoms with E-state index in [1.807, 2.05) is 0 Å². The van der Waals surface area contributed by atoms with E-state index in [0.717, 1.165) is 0 Å². The molecule has 23 heteroatoms. The van der Waals surface area contributed by atoms with E-state index < -0.39 is 138 Å². The number of carboxylic acids is 1. The largest absolute Gasteiger partial charge is 0.477 e. The quantitative estimate of drug-likeness (QED) is 0.0855. The lowest BCUT2D eigenvalue weighted by atomic mass is 9.91. The van der Waals surface area contributed by atoms with Crippen LogP contribution in [0.1, 0.15) is 6.42 Å². The molecular formula is C21H37O22P. The number of aliphatic hydroxyl groups is 11. The van der Waals surface area contributed by atoms with Crippen molar-refractivity contribution in [1.82, 2.24) is 0 Å². The first kappa shape index (κ1) is 37.4. The topological polar surface area (TPSA) is 373 Å². The molecule has 3 saturated heterocycles. The first-order valence-electron chi connectivity index (χ1n) is 13.0. The van der Waals surface area contributed by atoms with Gasteiger partial charge in [-0.15, -0.1) is 0 Å². The van der Waals surface area contributed by atoms with E-state index in [4.69, 9.17) is 23.7 Å². The highest BCUT2D eigenvalue weighted by molar-refractivity contribution is 7.46. The lowest BCUT2D eigenvalue weighted by molar-refractivity contribution is -0.365. The van der Waals surface area contributed by atoms with Gasteiger partial charge >= 0.3 is 13.8 Å². The van der Waals surface area contributed by atoms with Crippen molar-refractivity contribution in [2.45, 2.75) is 104 Å². The van der Waals surface area contributed by atoms with Crippen molar-refractivity contribution in [3.05, 3.63) is 0 Å². The van der Waals surface area contributed by atoms with Crippen molar-refractivity contribution >= 4 is 13.8 Å². The molecule has 0 aromatic heterocycles. The molecule has 0 unspecified atom stereocenters. The maximum atomic E-state index is 11.6. The van der Waals surface area contributed by atoms with E-state index in [0.29, 0.717) is 0 Å². The van der Waals surface area contributed by atoms with Gasteiger partial charge < -0.3 is 94.7 Å². The lowest BCUT2D eigenvalue weighted by Gasteiger charge is -2.48. The minimum Gasteiger partial charge on any atom is -0.477 e. The molecule has 0 saturated carbocycles. The maximum Gasteiger partial charge on any atom is 0.469 e. The van der Waals surface area contributed by atoms with Crippen molar-refractivity contribution < 1.29 is 109 Å². The van der Waals surface area contributed by atoms with Gasteiger partial charge in [-0.2, -0.15) is 0 Å². The molecule has 0 aromatic rings. The van der Waals surface area contributed by atoms with Gasteiger partial charge in [0.2, 0.25) is 0 Å². The van der Waals surface area contributed by atoms with Crippen LogP contribution in [0.2, 0.25) is 0 Å². The number of aliphatic carboxylic acids is 1. The number of hydrogen-bond donors (Lipinski definition) is 14. The van der Waals surface area contributed by atoms with Crippen molar-refractivity contribution in [3.8, 4) is 0 Å². The fourth-order valence-electron chi connectivity index (χ4n) is 4.87. The highest BCUT2D eigenvalue weighted by Gasteiger charge is 2.57. The van der Waals surface area contributed by atoms with Crippen LogP contribution in [0.3, 0.4) is 0 Å². The van der Waals surface area contributed by atoms with Crippen molar-refractivity contribution in [2.24, 2.45) is 0 Å². The van der Waals surface area contributed by atoms with Crippen LogP contribution < -0.4 is 0 Å². The van der Waals surface area contributed by atoms with Gasteiger partial charge in [-0.3, -0.25) is 4.52 Å². The van der Waals surface area contributed by atoms with E-state index in [1.54, 1.807) is 0 Å². The number of rotatable bonds is 12. The number of carboxylic acid groups (broad SMARTS) is 1. The second kappa shape index (κ2) is 14.8. The van der Waals surface area contributed by atoms with Gasteiger partial charge in [0.05, 0.1) is 19.8 Å². The maximum absolute atomic E-state index is 11.6. The van der Waals surface area contributed by atoms with Gasteiger partial charge in [0.15, 0.2) is 12.6 Å². The number of ether oxygens (including phenoxy) is 5. The first-order valence-corrected chi connectivity index (χ1v) is 14.5. The molecule has 22 nitrogen and oxygen atoms in total. The molecular weight excluding hydrogens is 635 g/mol. The predicted octanol–water partition coefficient (Wildman–Crippen LogP) is -8.25. The monoisotopic (exact) mass is 672 g/mol. The zero-order valence-corrected chi connectivity index (χ0v) is 23.4. The highest BCUT2D eigenvalue weighted by Crippen LogP contribution is 2.44. The molecule has 0 bridgehead atoms. The summed E-state index contributed by atoms with van der Waals surface area (Å²) in [5.74, 6) is -5.32. The summed E-state index contributed by atoms with van der Waals surface area (Å²) in [6.45, 7) is -2.88. The van der Waals surface area contributed by atoms with Crippen molar-refractivity contribution in [3.63, 3.8) is 0 Å². The van der Waals surface area contributed by atoms with E-state index in [1.165, 1.54) is 0 Å². The van der Waals surface area contributed by atoms with Crippen LogP contribution in [-0.2, 0) is 37.6 Å². The Morgan fingerprint density at radius 3 is 2.00 bits per heavy atom. The molecule has 16 atom stereocenters. The molecule has 0 aromatic carbocycles. The third-order valence-electron chi connectivity index (χ3n) is 7.23. The fraction of sp³-hybridized carbons (Fsp3) is 0.952. The summed E-state index contributed by atoms with van der Waals surface area (Å²) >= 11 is 0. The minimum atomic E-state index is -5.50. The number of hydrogen-bond acceptors (Lipinski definition) is 19. The Kier molecular flexibility index (Phi) is 12.6. The second-order valence-electron chi connectivity index (χ2n) is 10.4.